The molecule has 2 aromatic heterocycles. The molecule has 2 N–H and O–H groups in total. The molecule has 0 aliphatic carbocycles. The predicted octanol–water partition coefficient (Wildman–Crippen LogP) is 1.27. The maximum Gasteiger partial charge on any atom is 0.270 e. The first-order valence-corrected chi connectivity index (χ1v) is 7.20. The Morgan fingerprint density at radius 2 is 2.35 bits per heavy atom. The molecule has 0 aromatic carbocycles. The van der Waals surface area contributed by atoms with Gasteiger partial charge in [-0.2, -0.15) is 0 Å². The van der Waals surface area contributed by atoms with Crippen molar-refractivity contribution in [3.8, 4) is 0 Å². The van der Waals surface area contributed by atoms with E-state index in [-0.39, 0.29) is 11.9 Å². The van der Waals surface area contributed by atoms with Crippen LogP contribution < -0.4 is 10.6 Å². The third-order valence-electron chi connectivity index (χ3n) is 4.47. The fourth-order valence-corrected chi connectivity index (χ4v) is 3.51. The van der Waals surface area contributed by atoms with E-state index in [1.165, 1.54) is 18.4 Å². The van der Waals surface area contributed by atoms with Gasteiger partial charge in [-0.3, -0.25) is 4.79 Å². The van der Waals surface area contributed by atoms with E-state index < -0.39 is 0 Å². The molecule has 0 unspecified atom stereocenters. The van der Waals surface area contributed by atoms with Crippen molar-refractivity contribution in [1.82, 2.24) is 20.0 Å². The Labute approximate surface area is 117 Å². The minimum absolute atomic E-state index is 0.0642. The van der Waals surface area contributed by atoms with Crippen molar-refractivity contribution in [2.75, 3.05) is 0 Å². The van der Waals surface area contributed by atoms with Gasteiger partial charge in [-0.05, 0) is 43.9 Å². The van der Waals surface area contributed by atoms with E-state index in [1.807, 2.05) is 23.6 Å². The van der Waals surface area contributed by atoms with Crippen LogP contribution in [0.2, 0.25) is 0 Å². The molecule has 3 atom stereocenters. The van der Waals surface area contributed by atoms with Crippen molar-refractivity contribution in [2.24, 2.45) is 0 Å². The summed E-state index contributed by atoms with van der Waals surface area (Å²) in [5.74, 6) is -0.0642. The molecule has 5 nitrogen and oxygen atoms in total. The highest BCUT2D eigenvalue weighted by molar-refractivity contribution is 5.93. The Kier molecular flexibility index (Phi) is 2.57. The van der Waals surface area contributed by atoms with E-state index in [9.17, 15) is 4.79 Å². The summed E-state index contributed by atoms with van der Waals surface area (Å²) in [6, 6.07) is 5.20. The molecule has 2 saturated heterocycles. The molecule has 0 spiro atoms. The summed E-state index contributed by atoms with van der Waals surface area (Å²) < 4.78 is 1.94. The number of carbonyl (C=O) groups excluding carboxylic acids is 1. The topological polar surface area (TPSA) is 58.4 Å². The van der Waals surface area contributed by atoms with Crippen LogP contribution >= 0.6 is 0 Å². The maximum absolute atomic E-state index is 12.3. The van der Waals surface area contributed by atoms with Crippen LogP contribution in [0.1, 0.15) is 35.3 Å². The van der Waals surface area contributed by atoms with Gasteiger partial charge in [-0.15, -0.1) is 0 Å². The Hall–Kier alpha value is -1.88. The minimum Gasteiger partial charge on any atom is -0.346 e. The Balaban J connectivity index is 1.54. The number of hydrogen-bond donors (Lipinski definition) is 2. The maximum atomic E-state index is 12.3. The van der Waals surface area contributed by atoms with Crippen molar-refractivity contribution in [1.29, 1.82) is 0 Å². The largest absolute Gasteiger partial charge is 0.346 e. The number of rotatable bonds is 2. The Morgan fingerprint density at radius 3 is 3.10 bits per heavy atom. The fourth-order valence-electron chi connectivity index (χ4n) is 3.51. The second kappa shape index (κ2) is 4.31. The molecule has 1 amide bonds. The van der Waals surface area contributed by atoms with Gasteiger partial charge in [-0.1, -0.05) is 0 Å². The Bertz CT molecular complexity index is 678. The van der Waals surface area contributed by atoms with Crippen LogP contribution in [0.25, 0.3) is 5.52 Å². The second-order valence-corrected chi connectivity index (χ2v) is 5.99. The summed E-state index contributed by atoms with van der Waals surface area (Å²) in [7, 11) is 0. The summed E-state index contributed by atoms with van der Waals surface area (Å²) in [6.45, 7) is 2.04. The monoisotopic (exact) mass is 270 g/mol. The van der Waals surface area contributed by atoms with Crippen LogP contribution in [0.3, 0.4) is 0 Å². The summed E-state index contributed by atoms with van der Waals surface area (Å²) in [5.41, 5.74) is 2.67. The van der Waals surface area contributed by atoms with E-state index in [0.717, 1.165) is 11.9 Å². The van der Waals surface area contributed by atoms with Gasteiger partial charge in [0.1, 0.15) is 5.69 Å². The van der Waals surface area contributed by atoms with Crippen molar-refractivity contribution in [2.45, 2.75) is 44.3 Å². The minimum atomic E-state index is -0.0642. The van der Waals surface area contributed by atoms with Crippen LogP contribution in [-0.2, 0) is 0 Å². The number of aryl methyl sites for hydroxylation is 1. The lowest BCUT2D eigenvalue weighted by molar-refractivity contribution is 0.0926. The fraction of sp³-hybridized carbons (Fsp3) is 0.467. The summed E-state index contributed by atoms with van der Waals surface area (Å²) in [4.78, 5) is 16.6. The van der Waals surface area contributed by atoms with Crippen molar-refractivity contribution >= 4 is 11.4 Å². The number of nitrogens with one attached hydrogen (secondary N) is 2. The van der Waals surface area contributed by atoms with Crippen LogP contribution in [0.4, 0.5) is 0 Å². The smallest absolute Gasteiger partial charge is 0.270 e. The van der Waals surface area contributed by atoms with Crippen LogP contribution in [0, 0.1) is 6.92 Å². The van der Waals surface area contributed by atoms with Crippen LogP contribution in [0.5, 0.6) is 0 Å². The highest BCUT2D eigenvalue weighted by Crippen LogP contribution is 2.28. The number of amides is 1. The van der Waals surface area contributed by atoms with E-state index in [0.29, 0.717) is 17.8 Å². The third-order valence-corrected chi connectivity index (χ3v) is 4.47. The number of nitrogens with zero attached hydrogens (tertiary/aromatic N) is 2. The quantitative estimate of drug-likeness (QED) is 0.864. The lowest BCUT2D eigenvalue weighted by Crippen LogP contribution is -2.43. The van der Waals surface area contributed by atoms with E-state index in [4.69, 9.17) is 0 Å². The first kappa shape index (κ1) is 11.9. The van der Waals surface area contributed by atoms with Crippen molar-refractivity contribution < 1.29 is 4.79 Å². The first-order chi connectivity index (χ1) is 9.69. The van der Waals surface area contributed by atoms with Gasteiger partial charge in [0, 0.05) is 29.8 Å². The average molecular weight is 270 g/mol. The molecule has 0 radical (unpaired) electrons. The summed E-state index contributed by atoms with van der Waals surface area (Å²) in [6.07, 6.45) is 7.16. The van der Waals surface area contributed by atoms with Crippen molar-refractivity contribution in [3.05, 3.63) is 35.9 Å². The zero-order valence-corrected chi connectivity index (χ0v) is 11.5. The number of carbonyl (C=O) groups is 1. The number of aromatic nitrogens is 2. The molecule has 0 saturated carbocycles. The molecule has 2 bridgehead atoms. The first-order valence-electron chi connectivity index (χ1n) is 7.20. The molecule has 104 valence electrons. The molecule has 4 heterocycles. The van der Waals surface area contributed by atoms with Gasteiger partial charge >= 0.3 is 0 Å². The van der Waals surface area contributed by atoms with Gasteiger partial charge in [-0.25, -0.2) is 4.98 Å². The molecular weight excluding hydrogens is 252 g/mol. The Morgan fingerprint density at radius 1 is 1.45 bits per heavy atom. The van der Waals surface area contributed by atoms with E-state index >= 15 is 0 Å². The molecule has 4 rings (SSSR count). The third kappa shape index (κ3) is 1.89. The number of hydrogen-bond acceptors (Lipinski definition) is 3. The summed E-state index contributed by atoms with van der Waals surface area (Å²) in [5, 5.41) is 6.65. The van der Waals surface area contributed by atoms with Crippen LogP contribution in [-0.4, -0.2) is 33.4 Å². The molecule has 2 aromatic rings. The SMILES string of the molecule is Cc1cc2cc(C(=O)N[C@@H]3C[C@H]4CC[C@@H]3N4)ncn2c1. The molecular formula is C15H18N4O. The molecule has 5 heteroatoms. The lowest BCUT2D eigenvalue weighted by Gasteiger charge is -2.21. The zero-order chi connectivity index (χ0) is 13.7. The molecule has 20 heavy (non-hydrogen) atoms. The standard InChI is InChI=1S/C15H18N4O/c1-9-4-11-6-14(16-8-19(11)7-9)15(20)18-13-5-10-2-3-12(13)17-10/h4,6-8,10,12-13,17H,2-3,5H2,1H3,(H,18,20)/t10-,12+,13-/m1/s1. The zero-order valence-electron chi connectivity index (χ0n) is 11.5. The van der Waals surface area contributed by atoms with Gasteiger partial charge < -0.3 is 15.0 Å². The van der Waals surface area contributed by atoms with E-state index in [1.54, 1.807) is 6.33 Å². The van der Waals surface area contributed by atoms with Crippen molar-refractivity contribution in [3.63, 3.8) is 0 Å². The predicted molar refractivity (Wildman–Crippen MR) is 75.7 cm³/mol. The lowest BCUT2D eigenvalue weighted by atomic mass is 9.95. The molecule has 2 aliphatic rings. The highest BCUT2D eigenvalue weighted by Gasteiger charge is 2.39. The van der Waals surface area contributed by atoms with Gasteiger partial charge in [0.2, 0.25) is 0 Å². The average Bonchev–Trinajstić information content (AvgIpc) is 3.10. The normalized spacial score (nSPS) is 28.1. The summed E-state index contributed by atoms with van der Waals surface area (Å²) >= 11 is 0. The molecule has 2 aliphatic heterocycles. The van der Waals surface area contributed by atoms with Crippen LogP contribution in [0.15, 0.2) is 24.7 Å². The molecule has 2 fully saturated rings. The highest BCUT2D eigenvalue weighted by atomic mass is 16.2. The van der Waals surface area contributed by atoms with E-state index in [2.05, 4.69) is 21.7 Å². The van der Waals surface area contributed by atoms with Gasteiger partial charge in [0.15, 0.2) is 0 Å². The van der Waals surface area contributed by atoms with Gasteiger partial charge in [0.05, 0.1) is 6.33 Å². The second-order valence-electron chi connectivity index (χ2n) is 5.99. The van der Waals surface area contributed by atoms with Gasteiger partial charge in [0.25, 0.3) is 5.91 Å². The number of fused-ring (bicyclic) bond motifs is 3.